The zero-order valence-electron chi connectivity index (χ0n) is 21.8. The zero-order valence-corrected chi connectivity index (χ0v) is 21.8. The van der Waals surface area contributed by atoms with Crippen LogP contribution in [0.25, 0.3) is 0 Å². The van der Waals surface area contributed by atoms with Crippen molar-refractivity contribution >= 4 is 29.9 Å². The molecule has 0 bridgehead atoms. The molecule has 2 aliphatic rings. The Balaban J connectivity index is 1.53. The number of nitrogens with one attached hydrogen (secondary N) is 1. The van der Waals surface area contributed by atoms with E-state index in [4.69, 9.17) is 9.47 Å². The van der Waals surface area contributed by atoms with Gasteiger partial charge in [-0.05, 0) is 38.4 Å². The maximum atomic E-state index is 13.2. The summed E-state index contributed by atoms with van der Waals surface area (Å²) in [6.07, 6.45) is 3.21. The number of fused-ring (bicyclic) bond motifs is 1. The van der Waals surface area contributed by atoms with Gasteiger partial charge in [0, 0.05) is 44.9 Å². The lowest BCUT2D eigenvalue weighted by molar-refractivity contribution is -0.136. The van der Waals surface area contributed by atoms with E-state index in [1.807, 2.05) is 31.0 Å². The van der Waals surface area contributed by atoms with Crippen molar-refractivity contribution in [2.24, 2.45) is 0 Å². The van der Waals surface area contributed by atoms with Crippen molar-refractivity contribution in [2.75, 3.05) is 57.2 Å². The van der Waals surface area contributed by atoms with Gasteiger partial charge in [-0.2, -0.15) is 5.26 Å². The van der Waals surface area contributed by atoms with E-state index < -0.39 is 6.03 Å². The lowest BCUT2D eigenvalue weighted by Crippen LogP contribution is -2.48. The van der Waals surface area contributed by atoms with Gasteiger partial charge in [0.1, 0.15) is 41.3 Å². The molecule has 1 N–H and O–H groups in total. The molecule has 0 saturated carbocycles. The first-order valence-corrected chi connectivity index (χ1v) is 12.4. The van der Waals surface area contributed by atoms with Crippen LogP contribution in [0.2, 0.25) is 0 Å². The number of aryl methyl sites for hydroxylation is 1. The normalized spacial score (nSPS) is 16.4. The van der Waals surface area contributed by atoms with Crippen LogP contribution in [-0.4, -0.2) is 91.0 Å². The van der Waals surface area contributed by atoms with Crippen molar-refractivity contribution < 1.29 is 23.9 Å². The average Bonchev–Trinajstić information content (AvgIpc) is 2.92. The molecule has 0 radical (unpaired) electrons. The Morgan fingerprint density at radius 2 is 2.13 bits per heavy atom. The second-order valence-corrected chi connectivity index (χ2v) is 9.41. The molecule has 0 aromatic carbocycles. The Kier molecular flexibility index (Phi) is 8.50. The van der Waals surface area contributed by atoms with E-state index in [0.29, 0.717) is 56.7 Å². The summed E-state index contributed by atoms with van der Waals surface area (Å²) in [5.74, 6) is 0.903. The minimum absolute atomic E-state index is 0.00395. The maximum absolute atomic E-state index is 13.2. The lowest BCUT2D eigenvalue weighted by atomic mass is 10.0. The van der Waals surface area contributed by atoms with Crippen molar-refractivity contribution in [2.45, 2.75) is 32.4 Å². The fourth-order valence-electron chi connectivity index (χ4n) is 4.34. The van der Waals surface area contributed by atoms with Crippen LogP contribution in [0.4, 0.5) is 16.4 Å². The largest absolute Gasteiger partial charge is 0.489 e. The quantitative estimate of drug-likeness (QED) is 0.515. The van der Waals surface area contributed by atoms with Gasteiger partial charge in [0.25, 0.3) is 0 Å². The van der Waals surface area contributed by atoms with Gasteiger partial charge in [-0.25, -0.2) is 14.8 Å². The monoisotopic (exact) mass is 521 g/mol. The number of carbonyl (C=O) groups excluding carboxylic acids is 3. The van der Waals surface area contributed by atoms with Crippen LogP contribution >= 0.6 is 0 Å². The molecular formula is C26H31N7O5. The summed E-state index contributed by atoms with van der Waals surface area (Å²) in [6, 6.07) is 4.92. The molecule has 12 nitrogen and oxygen atoms in total. The van der Waals surface area contributed by atoms with Gasteiger partial charge in [0.15, 0.2) is 6.29 Å². The summed E-state index contributed by atoms with van der Waals surface area (Å²) in [5, 5.41) is 12.1. The van der Waals surface area contributed by atoms with Crippen LogP contribution in [0.5, 0.6) is 5.75 Å². The van der Waals surface area contributed by atoms with Gasteiger partial charge in [-0.3, -0.25) is 24.7 Å². The molecule has 2 aromatic heterocycles. The number of aromatic nitrogens is 2. The van der Waals surface area contributed by atoms with Gasteiger partial charge < -0.3 is 14.4 Å². The fraction of sp³-hybridized carbons (Fsp3) is 0.462. The summed E-state index contributed by atoms with van der Waals surface area (Å²) in [5.41, 5.74) is 1.94. The highest BCUT2D eigenvalue weighted by atomic mass is 16.5. The third-order valence-electron chi connectivity index (χ3n) is 6.60. The Morgan fingerprint density at radius 1 is 1.32 bits per heavy atom. The molecule has 2 aliphatic heterocycles. The van der Waals surface area contributed by atoms with Gasteiger partial charge >= 0.3 is 6.03 Å². The number of anilines is 2. The lowest BCUT2D eigenvalue weighted by Gasteiger charge is -2.33. The van der Waals surface area contributed by atoms with E-state index in [9.17, 15) is 19.6 Å². The number of nitriles is 1. The van der Waals surface area contributed by atoms with Gasteiger partial charge in [0.2, 0.25) is 5.91 Å². The number of carbonyl (C=O) groups is 3. The van der Waals surface area contributed by atoms with E-state index in [1.54, 1.807) is 12.0 Å². The van der Waals surface area contributed by atoms with E-state index in [1.165, 1.54) is 17.2 Å². The van der Waals surface area contributed by atoms with E-state index in [0.717, 1.165) is 12.1 Å². The van der Waals surface area contributed by atoms with E-state index in [-0.39, 0.29) is 41.4 Å². The maximum Gasteiger partial charge on any atom is 0.328 e. The van der Waals surface area contributed by atoms with Crippen molar-refractivity contribution in [3.63, 3.8) is 0 Å². The highest BCUT2D eigenvalue weighted by Crippen LogP contribution is 2.29. The summed E-state index contributed by atoms with van der Waals surface area (Å²) in [4.78, 5) is 51.5. The first-order valence-electron chi connectivity index (χ1n) is 12.4. The number of hydrogen-bond donors (Lipinski definition) is 1. The van der Waals surface area contributed by atoms with Gasteiger partial charge in [-0.1, -0.05) is 0 Å². The number of nitrogens with zero attached hydrogens (tertiary/aromatic N) is 6. The van der Waals surface area contributed by atoms with Crippen LogP contribution < -0.4 is 15.0 Å². The Bertz CT molecular complexity index is 1260. The molecule has 1 fully saturated rings. The number of amides is 3. The Morgan fingerprint density at radius 3 is 2.84 bits per heavy atom. The molecule has 2 aromatic rings. The van der Waals surface area contributed by atoms with Crippen molar-refractivity contribution in [3.8, 4) is 11.8 Å². The van der Waals surface area contributed by atoms with Crippen molar-refractivity contribution in [3.05, 3.63) is 40.7 Å². The third kappa shape index (κ3) is 6.07. The molecule has 0 aliphatic carbocycles. The number of hydrogen-bond acceptors (Lipinski definition) is 9. The third-order valence-corrected chi connectivity index (χ3v) is 6.60. The summed E-state index contributed by atoms with van der Waals surface area (Å²) in [6.45, 7) is 4.44. The minimum atomic E-state index is -0.467. The number of piperazine rings is 1. The van der Waals surface area contributed by atoms with Crippen LogP contribution in [0, 0.1) is 11.3 Å². The number of rotatable bonds is 8. The SMILES string of the molecule is COC(C)COc1cc(NC(=O)N2CCCc3cc(CN4CCN(C)CC4=O)c(C=O)nc32)ncc1C#N. The topological polar surface area (TPSA) is 141 Å². The highest BCUT2D eigenvalue weighted by Gasteiger charge is 2.28. The molecule has 1 atom stereocenters. The smallest absolute Gasteiger partial charge is 0.328 e. The number of ether oxygens (including phenoxy) is 2. The van der Waals surface area contributed by atoms with Crippen LogP contribution in [0.3, 0.4) is 0 Å². The zero-order chi connectivity index (χ0) is 27.2. The summed E-state index contributed by atoms with van der Waals surface area (Å²) >= 11 is 0. The number of methoxy groups -OCH3 is 1. The molecular weight excluding hydrogens is 490 g/mol. The number of aldehydes is 1. The van der Waals surface area contributed by atoms with E-state index >= 15 is 0 Å². The van der Waals surface area contributed by atoms with Crippen molar-refractivity contribution in [1.82, 2.24) is 19.8 Å². The Hall–Kier alpha value is -4.08. The summed E-state index contributed by atoms with van der Waals surface area (Å²) < 4.78 is 10.9. The molecule has 0 spiro atoms. The first-order chi connectivity index (χ1) is 18.3. The van der Waals surface area contributed by atoms with Crippen LogP contribution in [-0.2, 0) is 22.5 Å². The number of likely N-dealkylation sites (N-methyl/N-ethyl adjacent to an activating group) is 1. The highest BCUT2D eigenvalue weighted by molar-refractivity contribution is 6.01. The number of urea groups is 1. The van der Waals surface area contributed by atoms with Gasteiger partial charge in [-0.15, -0.1) is 0 Å². The van der Waals surface area contributed by atoms with Crippen LogP contribution in [0.15, 0.2) is 18.3 Å². The molecule has 4 rings (SSSR count). The summed E-state index contributed by atoms with van der Waals surface area (Å²) in [7, 11) is 3.46. The predicted molar refractivity (Wildman–Crippen MR) is 138 cm³/mol. The molecule has 1 unspecified atom stereocenters. The standard InChI is InChI=1S/C26H31N7O5/c1-17(37-3)16-38-22-10-23(28-12-20(22)11-27)30-26(36)33-6-4-5-18-9-19(21(15-34)29-25(18)33)13-32-8-7-31(2)14-24(32)35/h9-10,12,15,17H,4-8,13-14,16H2,1-3H3,(H,28,30,36). The van der Waals surface area contributed by atoms with Crippen LogP contribution in [0.1, 0.15) is 40.5 Å². The molecule has 12 heteroatoms. The fourth-order valence-corrected chi connectivity index (χ4v) is 4.34. The second kappa shape index (κ2) is 12.0. The van der Waals surface area contributed by atoms with Crippen molar-refractivity contribution in [1.29, 1.82) is 5.26 Å². The Labute approximate surface area is 221 Å². The molecule has 200 valence electrons. The predicted octanol–water partition coefficient (Wildman–Crippen LogP) is 1.83. The average molecular weight is 522 g/mol. The van der Waals surface area contributed by atoms with E-state index in [2.05, 4.69) is 15.3 Å². The first kappa shape index (κ1) is 27.0. The number of pyridine rings is 2. The minimum Gasteiger partial charge on any atom is -0.489 e. The second-order valence-electron chi connectivity index (χ2n) is 9.41. The molecule has 38 heavy (non-hydrogen) atoms. The molecule has 4 heterocycles. The molecule has 1 saturated heterocycles. The molecule has 3 amide bonds. The van der Waals surface area contributed by atoms with Gasteiger partial charge in [0.05, 0.1) is 18.8 Å².